The van der Waals surface area contributed by atoms with E-state index in [-0.39, 0.29) is 25.7 Å². The summed E-state index contributed by atoms with van der Waals surface area (Å²) >= 11 is 0. The number of amides is 3. The van der Waals surface area contributed by atoms with Crippen molar-refractivity contribution in [2.75, 3.05) is 6.54 Å². The summed E-state index contributed by atoms with van der Waals surface area (Å²) in [4.78, 5) is 60.0. The summed E-state index contributed by atoms with van der Waals surface area (Å²) in [6.45, 7) is 1.77. The van der Waals surface area contributed by atoms with Gasteiger partial charge in [-0.1, -0.05) is 30.3 Å². The van der Waals surface area contributed by atoms with Crippen molar-refractivity contribution in [2.24, 2.45) is 11.5 Å². The van der Waals surface area contributed by atoms with Gasteiger partial charge in [-0.15, -0.1) is 0 Å². The first-order chi connectivity index (χ1) is 16.5. The highest BCUT2D eigenvalue weighted by atomic mass is 16.4. The number of benzene rings is 1. The number of nitrogens with one attached hydrogen (secondary N) is 3. The number of hydrogen-bond acceptors (Lipinski definition) is 7. The molecular formula is C23H35N5O7. The van der Waals surface area contributed by atoms with E-state index >= 15 is 0 Å². The highest BCUT2D eigenvalue weighted by molar-refractivity contribution is 5.94. The Bertz CT molecular complexity index is 865. The fourth-order valence-electron chi connectivity index (χ4n) is 3.18. The number of carbonyl (C=O) groups is 5. The number of nitrogens with two attached hydrogens (primary N) is 2. The van der Waals surface area contributed by atoms with Crippen molar-refractivity contribution in [3.05, 3.63) is 35.9 Å². The molecule has 0 aliphatic heterocycles. The maximum absolute atomic E-state index is 12.9. The van der Waals surface area contributed by atoms with Crippen LogP contribution in [0.15, 0.2) is 30.3 Å². The Morgan fingerprint density at radius 1 is 0.857 bits per heavy atom. The minimum Gasteiger partial charge on any atom is -0.481 e. The van der Waals surface area contributed by atoms with Crippen LogP contribution in [0.5, 0.6) is 0 Å². The number of unbranched alkanes of at least 4 members (excludes halogenated alkanes) is 1. The minimum absolute atomic E-state index is 0.0616. The Labute approximate surface area is 203 Å². The fraction of sp³-hybridized carbons (Fsp3) is 0.522. The Balaban J connectivity index is 2.80. The van der Waals surface area contributed by atoms with Gasteiger partial charge in [0.25, 0.3) is 0 Å². The van der Waals surface area contributed by atoms with Crippen LogP contribution in [0.1, 0.15) is 44.6 Å². The molecule has 0 spiro atoms. The molecule has 3 amide bonds. The standard InChI is InChI=1S/C23H35N5O7/c1-14(26-21(32)16(25)10-11-19(29)30)20(31)27-17(9-5-6-12-24)22(33)28-18(23(34)35)13-15-7-3-2-4-8-15/h2-4,7-8,14,16-18H,5-6,9-13,24-25H2,1H3,(H,26,32)(H,27,31)(H,28,33)(H,29,30)(H,34,35). The van der Waals surface area contributed by atoms with Crippen LogP contribution in [0.3, 0.4) is 0 Å². The van der Waals surface area contributed by atoms with Gasteiger partial charge in [0.1, 0.15) is 18.1 Å². The lowest BCUT2D eigenvalue weighted by molar-refractivity contribution is -0.142. The second kappa shape index (κ2) is 15.4. The Kier molecular flexibility index (Phi) is 13.0. The molecule has 0 bridgehead atoms. The molecule has 1 rings (SSSR count). The first kappa shape index (κ1) is 29.5. The predicted octanol–water partition coefficient (Wildman–Crippen LogP) is -0.891. The van der Waals surface area contributed by atoms with Crippen molar-refractivity contribution >= 4 is 29.7 Å². The molecule has 0 aliphatic rings. The van der Waals surface area contributed by atoms with E-state index in [0.717, 1.165) is 5.56 Å². The smallest absolute Gasteiger partial charge is 0.326 e. The molecule has 1 aromatic rings. The van der Waals surface area contributed by atoms with Crippen molar-refractivity contribution in [3.63, 3.8) is 0 Å². The summed E-state index contributed by atoms with van der Waals surface area (Å²) in [6.07, 6.45) is 0.976. The van der Waals surface area contributed by atoms with Gasteiger partial charge in [0.2, 0.25) is 17.7 Å². The molecule has 0 aromatic heterocycles. The average molecular weight is 494 g/mol. The summed E-state index contributed by atoms with van der Waals surface area (Å²) < 4.78 is 0. The molecule has 12 nitrogen and oxygen atoms in total. The van der Waals surface area contributed by atoms with E-state index in [9.17, 15) is 29.1 Å². The molecule has 0 aliphatic carbocycles. The Morgan fingerprint density at radius 2 is 1.49 bits per heavy atom. The van der Waals surface area contributed by atoms with Gasteiger partial charge >= 0.3 is 11.9 Å². The van der Waals surface area contributed by atoms with Crippen LogP contribution in [0.4, 0.5) is 0 Å². The largest absolute Gasteiger partial charge is 0.481 e. The highest BCUT2D eigenvalue weighted by Crippen LogP contribution is 2.07. The maximum Gasteiger partial charge on any atom is 0.326 e. The van der Waals surface area contributed by atoms with Gasteiger partial charge in [0.05, 0.1) is 6.04 Å². The molecule has 0 fully saturated rings. The Morgan fingerprint density at radius 3 is 2.06 bits per heavy atom. The number of hydrogen-bond donors (Lipinski definition) is 7. The molecule has 35 heavy (non-hydrogen) atoms. The van der Waals surface area contributed by atoms with Crippen molar-refractivity contribution in [3.8, 4) is 0 Å². The van der Waals surface area contributed by atoms with Crippen LogP contribution >= 0.6 is 0 Å². The van der Waals surface area contributed by atoms with Gasteiger partial charge in [-0.25, -0.2) is 4.79 Å². The van der Waals surface area contributed by atoms with Gasteiger partial charge in [-0.3, -0.25) is 19.2 Å². The lowest BCUT2D eigenvalue weighted by atomic mass is 10.0. The molecule has 0 saturated heterocycles. The summed E-state index contributed by atoms with van der Waals surface area (Å²) in [5.41, 5.74) is 11.9. The molecule has 0 saturated carbocycles. The second-order valence-corrected chi connectivity index (χ2v) is 8.20. The fourth-order valence-corrected chi connectivity index (χ4v) is 3.18. The molecule has 0 heterocycles. The first-order valence-corrected chi connectivity index (χ1v) is 11.4. The zero-order chi connectivity index (χ0) is 26.4. The van der Waals surface area contributed by atoms with Crippen LogP contribution in [0.2, 0.25) is 0 Å². The lowest BCUT2D eigenvalue weighted by Gasteiger charge is -2.24. The Hall–Kier alpha value is -3.51. The van der Waals surface area contributed by atoms with E-state index in [1.165, 1.54) is 6.92 Å². The van der Waals surface area contributed by atoms with Crippen LogP contribution < -0.4 is 27.4 Å². The minimum atomic E-state index is -1.22. The summed E-state index contributed by atoms with van der Waals surface area (Å²) in [6, 6.07) is 4.36. The number of rotatable bonds is 16. The molecule has 0 radical (unpaired) electrons. The normalized spacial score (nSPS) is 14.1. The van der Waals surface area contributed by atoms with Crippen molar-refractivity contribution in [1.29, 1.82) is 0 Å². The van der Waals surface area contributed by atoms with E-state index in [1.807, 2.05) is 0 Å². The zero-order valence-corrected chi connectivity index (χ0v) is 19.7. The molecule has 194 valence electrons. The van der Waals surface area contributed by atoms with Crippen LogP contribution in [0.25, 0.3) is 0 Å². The summed E-state index contributed by atoms with van der Waals surface area (Å²) in [5, 5.41) is 25.7. The van der Waals surface area contributed by atoms with Gasteiger partial charge in [-0.05, 0) is 44.7 Å². The molecule has 1 aromatic carbocycles. The number of carbonyl (C=O) groups excluding carboxylic acids is 3. The van der Waals surface area contributed by atoms with E-state index in [2.05, 4.69) is 16.0 Å². The molecule has 9 N–H and O–H groups in total. The third-order valence-electron chi connectivity index (χ3n) is 5.24. The topological polar surface area (TPSA) is 214 Å². The van der Waals surface area contributed by atoms with Gasteiger partial charge < -0.3 is 37.6 Å². The zero-order valence-electron chi connectivity index (χ0n) is 19.7. The van der Waals surface area contributed by atoms with Crippen molar-refractivity contribution < 1.29 is 34.2 Å². The van der Waals surface area contributed by atoms with Crippen LogP contribution in [-0.4, -0.2) is 70.6 Å². The summed E-state index contributed by atoms with van der Waals surface area (Å²) in [7, 11) is 0. The van der Waals surface area contributed by atoms with E-state index in [0.29, 0.717) is 19.4 Å². The van der Waals surface area contributed by atoms with Crippen LogP contribution in [0, 0.1) is 0 Å². The first-order valence-electron chi connectivity index (χ1n) is 11.4. The van der Waals surface area contributed by atoms with Crippen molar-refractivity contribution in [2.45, 2.75) is 69.6 Å². The number of carboxylic acids is 2. The number of aliphatic carboxylic acids is 2. The van der Waals surface area contributed by atoms with E-state index in [4.69, 9.17) is 16.6 Å². The summed E-state index contributed by atoms with van der Waals surface area (Å²) in [5.74, 6) is -4.36. The molecule has 4 atom stereocenters. The highest BCUT2D eigenvalue weighted by Gasteiger charge is 2.28. The van der Waals surface area contributed by atoms with Gasteiger partial charge in [0, 0.05) is 12.8 Å². The van der Waals surface area contributed by atoms with Gasteiger partial charge in [-0.2, -0.15) is 0 Å². The quantitative estimate of drug-likeness (QED) is 0.142. The third-order valence-corrected chi connectivity index (χ3v) is 5.24. The monoisotopic (exact) mass is 493 g/mol. The van der Waals surface area contributed by atoms with E-state index < -0.39 is 53.8 Å². The lowest BCUT2D eigenvalue weighted by Crippen LogP contribution is -2.56. The molecule has 12 heteroatoms. The van der Waals surface area contributed by atoms with Crippen molar-refractivity contribution in [1.82, 2.24) is 16.0 Å². The van der Waals surface area contributed by atoms with E-state index in [1.54, 1.807) is 30.3 Å². The van der Waals surface area contributed by atoms with Gasteiger partial charge in [0.15, 0.2) is 0 Å². The second-order valence-electron chi connectivity index (χ2n) is 8.20. The molecule has 4 unspecified atom stereocenters. The number of carboxylic acid groups (broad SMARTS) is 2. The molecular weight excluding hydrogens is 458 g/mol. The third kappa shape index (κ3) is 11.5. The van der Waals surface area contributed by atoms with Crippen LogP contribution in [-0.2, 0) is 30.4 Å². The predicted molar refractivity (Wildman–Crippen MR) is 127 cm³/mol. The maximum atomic E-state index is 12.9. The SMILES string of the molecule is CC(NC(=O)C(N)CCC(=O)O)C(=O)NC(CCCCN)C(=O)NC(Cc1ccccc1)C(=O)O. The average Bonchev–Trinajstić information content (AvgIpc) is 2.81.